The van der Waals surface area contributed by atoms with Gasteiger partial charge >= 0.3 is 0 Å². The molecular formula is C5H9OP. The van der Waals surface area contributed by atoms with Crippen LogP contribution in [-0.4, -0.2) is 6.10 Å². The topological polar surface area (TPSA) is 9.23 Å². The van der Waals surface area contributed by atoms with Crippen LogP contribution in [0.5, 0.6) is 0 Å². The van der Waals surface area contributed by atoms with E-state index in [0.29, 0.717) is 6.10 Å². The molecule has 0 spiro atoms. The lowest BCUT2D eigenvalue weighted by Crippen LogP contribution is -2.19. The third-order valence-electron chi connectivity index (χ3n) is 1.23. The van der Waals surface area contributed by atoms with Crippen molar-refractivity contribution in [2.24, 2.45) is 0 Å². The van der Waals surface area contributed by atoms with Crippen LogP contribution in [0.15, 0.2) is 12.2 Å². The number of rotatable bonds is 1. The van der Waals surface area contributed by atoms with Gasteiger partial charge in [-0.15, -0.1) is 0 Å². The minimum absolute atomic E-state index is 0.456. The summed E-state index contributed by atoms with van der Waals surface area (Å²) in [5.74, 6) is 0. The SMILES string of the molecule is C=C1CC(OP)C1. The highest BCUT2D eigenvalue weighted by molar-refractivity contribution is 7.09. The Hall–Kier alpha value is 0.130. The maximum Gasteiger partial charge on any atom is 0.0684 e. The van der Waals surface area contributed by atoms with E-state index in [0.717, 1.165) is 12.8 Å². The lowest BCUT2D eigenvalue weighted by atomic mass is 9.91. The molecule has 0 aliphatic heterocycles. The highest BCUT2D eigenvalue weighted by atomic mass is 31.0. The second kappa shape index (κ2) is 1.94. The molecule has 1 rings (SSSR count). The second-order valence-electron chi connectivity index (χ2n) is 1.92. The van der Waals surface area contributed by atoms with Gasteiger partial charge in [0.2, 0.25) is 0 Å². The van der Waals surface area contributed by atoms with Crippen molar-refractivity contribution in [2.45, 2.75) is 18.9 Å². The van der Waals surface area contributed by atoms with E-state index in [2.05, 4.69) is 16.0 Å². The molecule has 0 radical (unpaired) electrons. The molecular weight excluding hydrogens is 107 g/mol. The highest BCUT2D eigenvalue weighted by Gasteiger charge is 2.19. The molecule has 1 nitrogen and oxygen atoms in total. The average Bonchev–Trinajstić information content (AvgIpc) is 1.58. The van der Waals surface area contributed by atoms with E-state index in [1.807, 2.05) is 0 Å². The van der Waals surface area contributed by atoms with Crippen LogP contribution in [0.2, 0.25) is 0 Å². The molecule has 0 aromatic heterocycles. The summed E-state index contributed by atoms with van der Waals surface area (Å²) in [6.45, 7) is 3.77. The van der Waals surface area contributed by atoms with E-state index >= 15 is 0 Å². The first-order chi connectivity index (χ1) is 3.33. The normalized spacial score (nSPS) is 22.1. The first kappa shape index (κ1) is 5.27. The molecule has 0 N–H and O–H groups in total. The Balaban J connectivity index is 2.17. The minimum Gasteiger partial charge on any atom is -0.362 e. The molecule has 1 aliphatic carbocycles. The van der Waals surface area contributed by atoms with Crippen molar-refractivity contribution in [1.29, 1.82) is 0 Å². The Morgan fingerprint density at radius 1 is 1.71 bits per heavy atom. The van der Waals surface area contributed by atoms with Gasteiger partial charge in [-0.05, 0) is 12.8 Å². The first-order valence-corrected chi connectivity index (χ1v) is 2.82. The molecule has 0 amide bonds. The summed E-state index contributed by atoms with van der Waals surface area (Å²) in [4.78, 5) is 0. The first-order valence-electron chi connectivity index (χ1n) is 2.35. The van der Waals surface area contributed by atoms with Crippen LogP contribution in [0.25, 0.3) is 0 Å². The zero-order valence-electron chi connectivity index (χ0n) is 4.18. The van der Waals surface area contributed by atoms with Gasteiger partial charge in [-0.2, -0.15) is 0 Å². The van der Waals surface area contributed by atoms with Crippen LogP contribution in [-0.2, 0) is 4.52 Å². The fourth-order valence-electron chi connectivity index (χ4n) is 0.680. The lowest BCUT2D eigenvalue weighted by molar-refractivity contribution is 0.194. The molecule has 1 atom stereocenters. The predicted octanol–water partition coefficient (Wildman–Crippen LogP) is 1.51. The monoisotopic (exact) mass is 116 g/mol. The molecule has 40 valence electrons. The summed E-state index contributed by atoms with van der Waals surface area (Å²) in [5, 5.41) is 0. The van der Waals surface area contributed by atoms with Gasteiger partial charge in [-0.3, -0.25) is 0 Å². The summed E-state index contributed by atoms with van der Waals surface area (Å²) in [7, 11) is 2.27. The molecule has 0 aromatic carbocycles. The van der Waals surface area contributed by atoms with Gasteiger partial charge in [-0.1, -0.05) is 12.2 Å². The molecule has 2 heteroatoms. The van der Waals surface area contributed by atoms with Crippen molar-refractivity contribution in [1.82, 2.24) is 0 Å². The van der Waals surface area contributed by atoms with Gasteiger partial charge in [0, 0.05) is 9.47 Å². The smallest absolute Gasteiger partial charge is 0.0684 e. The van der Waals surface area contributed by atoms with Crippen LogP contribution in [0.1, 0.15) is 12.8 Å². The quantitative estimate of drug-likeness (QED) is 0.372. The van der Waals surface area contributed by atoms with E-state index in [-0.39, 0.29) is 0 Å². The highest BCUT2D eigenvalue weighted by Crippen LogP contribution is 2.28. The van der Waals surface area contributed by atoms with Crippen LogP contribution >= 0.6 is 9.47 Å². The molecule has 1 unspecified atom stereocenters. The van der Waals surface area contributed by atoms with Crippen LogP contribution in [0.3, 0.4) is 0 Å². The minimum atomic E-state index is 0.456. The molecule has 1 aliphatic rings. The molecule has 1 saturated carbocycles. The number of hydrogen-bond acceptors (Lipinski definition) is 1. The fourth-order valence-corrected chi connectivity index (χ4v) is 0.873. The Labute approximate surface area is 46.0 Å². The maximum absolute atomic E-state index is 4.91. The van der Waals surface area contributed by atoms with E-state index in [1.54, 1.807) is 0 Å². The van der Waals surface area contributed by atoms with E-state index in [9.17, 15) is 0 Å². The summed E-state index contributed by atoms with van der Waals surface area (Å²) < 4.78 is 4.91. The zero-order valence-corrected chi connectivity index (χ0v) is 5.34. The van der Waals surface area contributed by atoms with Crippen molar-refractivity contribution in [3.63, 3.8) is 0 Å². The molecule has 7 heavy (non-hydrogen) atoms. The van der Waals surface area contributed by atoms with E-state index < -0.39 is 0 Å². The van der Waals surface area contributed by atoms with Gasteiger partial charge in [-0.25, -0.2) is 0 Å². The summed E-state index contributed by atoms with van der Waals surface area (Å²) in [6.07, 6.45) is 2.57. The molecule has 0 aromatic rings. The predicted molar refractivity (Wildman–Crippen MR) is 33.0 cm³/mol. The zero-order chi connectivity index (χ0) is 5.28. The van der Waals surface area contributed by atoms with E-state index in [4.69, 9.17) is 4.52 Å². The summed E-state index contributed by atoms with van der Waals surface area (Å²) in [5.41, 5.74) is 1.31. The standard InChI is InChI=1S/C5H9OP/c1-4-2-5(3-4)6-7/h5H,1-3,7H2. The van der Waals surface area contributed by atoms with Crippen molar-refractivity contribution >= 4 is 9.47 Å². The van der Waals surface area contributed by atoms with E-state index in [1.165, 1.54) is 5.57 Å². The fraction of sp³-hybridized carbons (Fsp3) is 0.600. The van der Waals surface area contributed by atoms with Crippen molar-refractivity contribution in [3.8, 4) is 0 Å². The van der Waals surface area contributed by atoms with Crippen molar-refractivity contribution in [2.75, 3.05) is 0 Å². The van der Waals surface area contributed by atoms with Crippen molar-refractivity contribution in [3.05, 3.63) is 12.2 Å². The van der Waals surface area contributed by atoms with Gasteiger partial charge in [0.15, 0.2) is 0 Å². The second-order valence-corrected chi connectivity index (χ2v) is 2.19. The summed E-state index contributed by atoms with van der Waals surface area (Å²) in [6, 6.07) is 0. The van der Waals surface area contributed by atoms with Gasteiger partial charge in [0.25, 0.3) is 0 Å². The Morgan fingerprint density at radius 3 is 2.43 bits per heavy atom. The van der Waals surface area contributed by atoms with Gasteiger partial charge < -0.3 is 4.52 Å². The van der Waals surface area contributed by atoms with Gasteiger partial charge in [0.05, 0.1) is 6.10 Å². The van der Waals surface area contributed by atoms with Gasteiger partial charge in [0.1, 0.15) is 0 Å². The molecule has 0 saturated heterocycles. The third kappa shape index (κ3) is 1.02. The van der Waals surface area contributed by atoms with Crippen LogP contribution < -0.4 is 0 Å². The van der Waals surface area contributed by atoms with Crippen molar-refractivity contribution < 1.29 is 4.52 Å². The Kier molecular flexibility index (Phi) is 1.46. The third-order valence-corrected chi connectivity index (χ3v) is 1.61. The van der Waals surface area contributed by atoms with Crippen LogP contribution in [0, 0.1) is 0 Å². The Morgan fingerprint density at radius 2 is 2.29 bits per heavy atom. The lowest BCUT2D eigenvalue weighted by Gasteiger charge is -2.25. The molecule has 0 bridgehead atoms. The maximum atomic E-state index is 4.91. The van der Waals surface area contributed by atoms with Crippen LogP contribution in [0.4, 0.5) is 0 Å². The average molecular weight is 116 g/mol. The molecule has 1 fully saturated rings. The molecule has 0 heterocycles. The Bertz CT molecular complexity index is 82.1. The summed E-state index contributed by atoms with van der Waals surface area (Å²) >= 11 is 0. The largest absolute Gasteiger partial charge is 0.362 e. The number of hydrogen-bond donors (Lipinski definition) is 0.